The van der Waals surface area contributed by atoms with E-state index in [1.165, 1.54) is 34.6 Å². The molecule has 2 atom stereocenters. The Kier molecular flexibility index (Phi) is 8.86. The van der Waals surface area contributed by atoms with E-state index in [4.69, 9.17) is 0 Å². The first kappa shape index (κ1) is 26.4. The molecule has 0 bridgehead atoms. The minimum atomic E-state index is 0.160. The normalized spacial score (nSPS) is 19.8. The molecule has 4 rings (SSSR count). The van der Waals surface area contributed by atoms with Crippen molar-refractivity contribution >= 4 is 17.6 Å². The summed E-state index contributed by atoms with van der Waals surface area (Å²) in [6, 6.07) is 18.3. The third-order valence-corrected chi connectivity index (χ3v) is 8.52. The van der Waals surface area contributed by atoms with E-state index in [1.807, 2.05) is 11.9 Å². The van der Waals surface area contributed by atoms with Crippen LogP contribution < -0.4 is 10.2 Å². The van der Waals surface area contributed by atoms with Crippen molar-refractivity contribution in [3.8, 4) is 0 Å². The molecule has 0 radical (unpaired) electrons. The molecule has 0 aromatic heterocycles. The molecule has 1 N–H and O–H groups in total. The van der Waals surface area contributed by atoms with Crippen LogP contribution in [-0.4, -0.2) is 48.0 Å². The molecule has 36 heavy (non-hydrogen) atoms. The van der Waals surface area contributed by atoms with Crippen molar-refractivity contribution in [2.45, 2.75) is 62.9 Å². The minimum absolute atomic E-state index is 0.160. The highest BCUT2D eigenvalue weighted by atomic mass is 32.2. The number of anilines is 1. The van der Waals surface area contributed by atoms with Gasteiger partial charge in [0.25, 0.3) is 0 Å². The topological polar surface area (TPSA) is 21.8 Å². The maximum atomic E-state index is 4.51. The van der Waals surface area contributed by atoms with Crippen molar-refractivity contribution in [3.63, 3.8) is 0 Å². The van der Waals surface area contributed by atoms with Crippen LogP contribution in [-0.2, 0) is 6.42 Å². The quantitative estimate of drug-likeness (QED) is 0.301. The van der Waals surface area contributed by atoms with Crippen molar-refractivity contribution in [3.05, 3.63) is 96.5 Å². The number of piperidine rings is 1. The largest absolute Gasteiger partial charge is 0.381 e. The summed E-state index contributed by atoms with van der Waals surface area (Å²) in [5.74, 6) is 1.08. The van der Waals surface area contributed by atoms with Gasteiger partial charge in [0, 0.05) is 43.0 Å². The van der Waals surface area contributed by atoms with Gasteiger partial charge in [-0.15, -0.1) is 0 Å². The van der Waals surface area contributed by atoms with Gasteiger partial charge in [0.1, 0.15) is 5.82 Å². The van der Waals surface area contributed by atoms with Gasteiger partial charge in [-0.2, -0.15) is 0 Å². The fourth-order valence-corrected chi connectivity index (χ4v) is 6.13. The van der Waals surface area contributed by atoms with E-state index in [9.17, 15) is 0 Å². The number of rotatable bonds is 9. The van der Waals surface area contributed by atoms with Gasteiger partial charge in [0.2, 0.25) is 0 Å². The van der Waals surface area contributed by atoms with E-state index >= 15 is 0 Å². The second-order valence-electron chi connectivity index (χ2n) is 10.3. The van der Waals surface area contributed by atoms with Crippen LogP contribution in [0.5, 0.6) is 0 Å². The van der Waals surface area contributed by atoms with E-state index in [0.29, 0.717) is 6.04 Å². The van der Waals surface area contributed by atoms with Crippen LogP contribution in [0.25, 0.3) is 0 Å². The number of nitrogens with one attached hydrogen (secondary N) is 1. The van der Waals surface area contributed by atoms with Crippen molar-refractivity contribution in [2.24, 2.45) is 0 Å². The lowest BCUT2D eigenvalue weighted by atomic mass is 9.97. The van der Waals surface area contributed by atoms with Crippen LogP contribution in [0.1, 0.15) is 43.7 Å². The van der Waals surface area contributed by atoms with Crippen molar-refractivity contribution < 1.29 is 0 Å². The summed E-state index contributed by atoms with van der Waals surface area (Å²) in [6.45, 7) is 20.5. The molecule has 2 heterocycles. The second-order valence-corrected chi connectivity index (χ2v) is 11.5. The van der Waals surface area contributed by atoms with Gasteiger partial charge in [-0.1, -0.05) is 61.6 Å². The Balaban J connectivity index is 1.39. The van der Waals surface area contributed by atoms with Crippen LogP contribution in [0.4, 0.5) is 5.69 Å². The zero-order valence-corrected chi connectivity index (χ0v) is 23.1. The molecule has 2 unspecified atom stereocenters. The van der Waals surface area contributed by atoms with Gasteiger partial charge < -0.3 is 15.1 Å². The van der Waals surface area contributed by atoms with E-state index in [-0.39, 0.29) is 6.04 Å². The molecule has 2 saturated heterocycles. The Morgan fingerprint density at radius 2 is 1.72 bits per heavy atom. The zero-order valence-electron chi connectivity index (χ0n) is 22.3. The Hall–Kier alpha value is -2.63. The lowest BCUT2D eigenvalue weighted by Crippen LogP contribution is -2.43. The van der Waals surface area contributed by atoms with Gasteiger partial charge in [-0.3, -0.25) is 0 Å². The number of nitrogens with zero attached hydrogens (tertiary/aromatic N) is 3. The molecule has 5 heteroatoms. The molecule has 2 aromatic carbocycles. The lowest BCUT2D eigenvalue weighted by Gasteiger charge is -2.38. The Morgan fingerprint density at radius 3 is 2.42 bits per heavy atom. The van der Waals surface area contributed by atoms with Crippen molar-refractivity contribution in [1.29, 1.82) is 0 Å². The maximum Gasteiger partial charge on any atom is 0.101 e. The number of aryl methyl sites for hydroxylation is 1. The third-order valence-electron chi connectivity index (χ3n) is 7.37. The molecule has 0 spiro atoms. The van der Waals surface area contributed by atoms with Crippen LogP contribution in [0, 0.1) is 6.92 Å². The number of hydrogen-bond acceptors (Lipinski definition) is 5. The summed E-state index contributed by atoms with van der Waals surface area (Å²) in [5.41, 5.74) is 6.06. The van der Waals surface area contributed by atoms with Crippen LogP contribution >= 0.6 is 11.9 Å². The standard InChI is InChI=1S/C31H42N4S/c1-23(2)30(22-27-13-15-28(16-14-27)34-20-9-19-33(6)26(34)5)32-25(4)31-10-7-8-21-35(31)36-29-17-11-24(3)12-18-29/h11-18,30-32H,1,4-5,7-10,19-22H2,2-3,6H3. The molecular formula is C31H42N4S. The molecule has 2 aliphatic heterocycles. The van der Waals surface area contributed by atoms with Crippen LogP contribution in [0.2, 0.25) is 0 Å². The maximum absolute atomic E-state index is 4.51. The first-order valence-corrected chi connectivity index (χ1v) is 14.0. The van der Waals surface area contributed by atoms with Gasteiger partial charge in [0.05, 0.1) is 12.1 Å². The van der Waals surface area contributed by atoms with Crippen LogP contribution in [0.15, 0.2) is 90.3 Å². The van der Waals surface area contributed by atoms with Crippen molar-refractivity contribution in [2.75, 3.05) is 31.6 Å². The first-order chi connectivity index (χ1) is 17.3. The predicted octanol–water partition coefficient (Wildman–Crippen LogP) is 6.76. The summed E-state index contributed by atoms with van der Waals surface area (Å²) in [5, 5.41) is 3.77. The van der Waals surface area contributed by atoms with Gasteiger partial charge in [-0.05, 0) is 81.3 Å². The van der Waals surface area contributed by atoms with Gasteiger partial charge in [0.15, 0.2) is 0 Å². The van der Waals surface area contributed by atoms with E-state index in [2.05, 4.69) is 109 Å². The molecule has 4 nitrogen and oxygen atoms in total. The summed E-state index contributed by atoms with van der Waals surface area (Å²) in [6.07, 6.45) is 5.66. The van der Waals surface area contributed by atoms with Gasteiger partial charge in [-0.25, -0.2) is 4.31 Å². The number of hydrogen-bond donors (Lipinski definition) is 1. The van der Waals surface area contributed by atoms with E-state index in [1.54, 1.807) is 0 Å². The summed E-state index contributed by atoms with van der Waals surface area (Å²) >= 11 is 1.86. The number of benzene rings is 2. The molecule has 2 aromatic rings. The Labute approximate surface area is 222 Å². The summed E-state index contributed by atoms with van der Waals surface area (Å²) in [7, 11) is 2.12. The molecule has 2 aliphatic rings. The third kappa shape index (κ3) is 6.57. The predicted molar refractivity (Wildman–Crippen MR) is 156 cm³/mol. The molecular weight excluding hydrogens is 460 g/mol. The fourth-order valence-electron chi connectivity index (χ4n) is 5.02. The minimum Gasteiger partial charge on any atom is -0.381 e. The highest BCUT2D eigenvalue weighted by Crippen LogP contribution is 2.33. The summed E-state index contributed by atoms with van der Waals surface area (Å²) in [4.78, 5) is 5.84. The Morgan fingerprint density at radius 1 is 1.00 bits per heavy atom. The molecule has 2 fully saturated rings. The van der Waals surface area contributed by atoms with Crippen LogP contribution in [0.3, 0.4) is 0 Å². The molecule has 0 saturated carbocycles. The van der Waals surface area contributed by atoms with E-state index < -0.39 is 0 Å². The zero-order chi connectivity index (χ0) is 25.7. The monoisotopic (exact) mass is 502 g/mol. The highest BCUT2D eigenvalue weighted by molar-refractivity contribution is 7.97. The molecule has 0 amide bonds. The average Bonchev–Trinajstić information content (AvgIpc) is 2.87. The lowest BCUT2D eigenvalue weighted by molar-refractivity contribution is 0.294. The SMILES string of the molecule is C=C(C)C(Cc1ccc(N2CCCN(C)C2=C)cc1)NC(=C)C1CCCCN1Sc1ccc(C)cc1. The summed E-state index contributed by atoms with van der Waals surface area (Å²) < 4.78 is 2.51. The van der Waals surface area contributed by atoms with E-state index in [0.717, 1.165) is 56.0 Å². The highest BCUT2D eigenvalue weighted by Gasteiger charge is 2.27. The second kappa shape index (κ2) is 12.1. The molecule has 0 aliphatic carbocycles. The van der Waals surface area contributed by atoms with Crippen molar-refractivity contribution in [1.82, 2.24) is 14.5 Å². The van der Waals surface area contributed by atoms with Gasteiger partial charge >= 0.3 is 0 Å². The smallest absolute Gasteiger partial charge is 0.101 e. The fraction of sp³-hybridized carbons (Fsp3) is 0.419. The molecule has 192 valence electrons. The first-order valence-electron chi connectivity index (χ1n) is 13.2. The average molecular weight is 503 g/mol. The Bertz CT molecular complexity index is 1060.